The van der Waals surface area contributed by atoms with Crippen molar-refractivity contribution in [2.45, 2.75) is 13.3 Å². The highest BCUT2D eigenvalue weighted by Crippen LogP contribution is 2.27. The lowest BCUT2D eigenvalue weighted by atomic mass is 10.0. The zero-order valence-corrected chi connectivity index (χ0v) is 17.4. The number of hydrogen-bond donors (Lipinski definition) is 1. The first-order valence-corrected chi connectivity index (χ1v) is 10.2. The predicted molar refractivity (Wildman–Crippen MR) is 119 cm³/mol. The maximum Gasteiger partial charge on any atom is 0.224 e. The second-order valence-electron chi connectivity index (χ2n) is 7.86. The van der Waals surface area contributed by atoms with E-state index in [0.717, 1.165) is 53.9 Å². The number of carbonyl (C=O) groups is 1. The highest BCUT2D eigenvalue weighted by molar-refractivity contribution is 5.87. The first kappa shape index (κ1) is 19.4. The number of aromatic nitrogens is 1. The molecule has 0 radical (unpaired) electrons. The van der Waals surface area contributed by atoms with E-state index >= 15 is 0 Å². The second-order valence-corrected chi connectivity index (χ2v) is 7.86. The van der Waals surface area contributed by atoms with Crippen LogP contribution >= 0.6 is 0 Å². The van der Waals surface area contributed by atoms with Crippen molar-refractivity contribution < 1.29 is 4.79 Å². The van der Waals surface area contributed by atoms with Gasteiger partial charge in [0.25, 0.3) is 0 Å². The van der Waals surface area contributed by atoms with Crippen molar-refractivity contribution in [1.82, 2.24) is 15.2 Å². The summed E-state index contributed by atoms with van der Waals surface area (Å²) < 4.78 is 0. The molecular formula is C24H28N4O. The van der Waals surface area contributed by atoms with E-state index in [0.29, 0.717) is 6.42 Å². The fraction of sp³-hybridized carbons (Fsp3) is 0.333. The Hall–Kier alpha value is -2.92. The SMILES string of the molecule is CNC(=O)Cc1ccc2c(C)cc(-c3ccc(N4CCN(C)CC4)cc3)nc2c1. The molecule has 0 atom stereocenters. The van der Waals surface area contributed by atoms with Crippen LogP contribution in [-0.2, 0) is 11.2 Å². The van der Waals surface area contributed by atoms with Crippen molar-refractivity contribution in [2.24, 2.45) is 0 Å². The average molecular weight is 389 g/mol. The van der Waals surface area contributed by atoms with Crippen LogP contribution in [0.2, 0.25) is 0 Å². The van der Waals surface area contributed by atoms with Gasteiger partial charge in [-0.3, -0.25) is 4.79 Å². The van der Waals surface area contributed by atoms with Gasteiger partial charge in [0.1, 0.15) is 0 Å². The number of piperazine rings is 1. The Labute approximate surface area is 172 Å². The molecule has 1 N–H and O–H groups in total. The highest BCUT2D eigenvalue weighted by Gasteiger charge is 2.14. The van der Waals surface area contributed by atoms with Gasteiger partial charge in [0, 0.05) is 49.9 Å². The van der Waals surface area contributed by atoms with E-state index in [1.165, 1.54) is 11.3 Å². The Morgan fingerprint density at radius 3 is 2.45 bits per heavy atom. The number of rotatable bonds is 4. The zero-order valence-electron chi connectivity index (χ0n) is 17.4. The molecule has 2 heterocycles. The molecule has 1 aliphatic heterocycles. The summed E-state index contributed by atoms with van der Waals surface area (Å²) in [5.41, 5.74) is 6.46. The Balaban J connectivity index is 1.62. The number of pyridine rings is 1. The molecule has 2 aromatic carbocycles. The summed E-state index contributed by atoms with van der Waals surface area (Å²) in [5.74, 6) is 0.0109. The van der Waals surface area contributed by atoms with Crippen LogP contribution < -0.4 is 10.2 Å². The molecule has 5 nitrogen and oxygen atoms in total. The van der Waals surface area contributed by atoms with Crippen LogP contribution in [0.3, 0.4) is 0 Å². The minimum Gasteiger partial charge on any atom is -0.369 e. The molecule has 1 amide bonds. The molecule has 1 aromatic heterocycles. The first-order valence-electron chi connectivity index (χ1n) is 10.2. The molecule has 0 aliphatic carbocycles. The van der Waals surface area contributed by atoms with E-state index in [2.05, 4.69) is 65.5 Å². The summed E-state index contributed by atoms with van der Waals surface area (Å²) >= 11 is 0. The van der Waals surface area contributed by atoms with E-state index in [-0.39, 0.29) is 5.91 Å². The van der Waals surface area contributed by atoms with E-state index in [9.17, 15) is 4.79 Å². The number of hydrogen-bond acceptors (Lipinski definition) is 4. The maximum atomic E-state index is 11.7. The first-order chi connectivity index (χ1) is 14.0. The van der Waals surface area contributed by atoms with E-state index in [4.69, 9.17) is 4.98 Å². The van der Waals surface area contributed by atoms with Gasteiger partial charge in [0.15, 0.2) is 0 Å². The van der Waals surface area contributed by atoms with Gasteiger partial charge in [0.05, 0.1) is 17.6 Å². The van der Waals surface area contributed by atoms with Gasteiger partial charge in [-0.05, 0) is 49.4 Å². The number of aryl methyl sites for hydroxylation is 1. The molecule has 0 saturated carbocycles. The fourth-order valence-corrected chi connectivity index (χ4v) is 3.89. The van der Waals surface area contributed by atoms with E-state index in [1.54, 1.807) is 7.05 Å². The third kappa shape index (κ3) is 4.25. The van der Waals surface area contributed by atoms with Crippen LogP contribution in [0.15, 0.2) is 48.5 Å². The molecular weight excluding hydrogens is 360 g/mol. The topological polar surface area (TPSA) is 48.5 Å². The standard InChI is InChI=1S/C24H28N4O/c1-17-14-22(26-23-15-18(4-9-21(17)23)16-24(29)25-2)19-5-7-20(8-6-19)28-12-10-27(3)11-13-28/h4-9,14-15H,10-13,16H2,1-3H3,(H,25,29). The van der Waals surface area contributed by atoms with E-state index in [1.807, 2.05) is 12.1 Å². The summed E-state index contributed by atoms with van der Waals surface area (Å²) in [7, 11) is 3.84. The number of amides is 1. The molecule has 1 aliphatic rings. The van der Waals surface area contributed by atoms with Crippen molar-refractivity contribution in [1.29, 1.82) is 0 Å². The lowest BCUT2D eigenvalue weighted by molar-refractivity contribution is -0.119. The van der Waals surface area contributed by atoms with E-state index < -0.39 is 0 Å². The molecule has 1 fully saturated rings. The van der Waals surface area contributed by atoms with Crippen LogP contribution in [0.25, 0.3) is 22.2 Å². The van der Waals surface area contributed by atoms with Crippen molar-refractivity contribution in [3.8, 4) is 11.3 Å². The zero-order chi connectivity index (χ0) is 20.4. The normalized spacial score (nSPS) is 14.9. The molecule has 1 saturated heterocycles. The Morgan fingerprint density at radius 2 is 1.76 bits per heavy atom. The molecule has 150 valence electrons. The average Bonchev–Trinajstić information content (AvgIpc) is 2.74. The van der Waals surface area contributed by atoms with Gasteiger partial charge >= 0.3 is 0 Å². The summed E-state index contributed by atoms with van der Waals surface area (Å²) in [6, 6.07) is 17.0. The monoisotopic (exact) mass is 388 g/mol. The third-order valence-corrected chi connectivity index (χ3v) is 5.76. The highest BCUT2D eigenvalue weighted by atomic mass is 16.1. The lowest BCUT2D eigenvalue weighted by Crippen LogP contribution is -2.44. The molecule has 29 heavy (non-hydrogen) atoms. The quantitative estimate of drug-likeness (QED) is 0.745. The molecule has 0 unspecified atom stereocenters. The molecule has 3 aromatic rings. The summed E-state index contributed by atoms with van der Waals surface area (Å²) in [6.07, 6.45) is 0.372. The van der Waals surface area contributed by atoms with Gasteiger partial charge in [-0.15, -0.1) is 0 Å². The Morgan fingerprint density at radius 1 is 1.03 bits per heavy atom. The van der Waals surface area contributed by atoms with Crippen molar-refractivity contribution in [3.05, 3.63) is 59.7 Å². The minimum absolute atomic E-state index is 0.0109. The number of fused-ring (bicyclic) bond motifs is 1. The fourth-order valence-electron chi connectivity index (χ4n) is 3.89. The minimum atomic E-state index is 0.0109. The van der Waals surface area contributed by atoms with Crippen LogP contribution in [-0.4, -0.2) is 56.1 Å². The van der Waals surface area contributed by atoms with Crippen LogP contribution in [0, 0.1) is 6.92 Å². The largest absolute Gasteiger partial charge is 0.369 e. The molecule has 4 rings (SSSR count). The Kier molecular flexibility index (Phi) is 5.49. The van der Waals surface area contributed by atoms with Gasteiger partial charge < -0.3 is 15.1 Å². The van der Waals surface area contributed by atoms with Gasteiger partial charge in [-0.1, -0.05) is 24.3 Å². The summed E-state index contributed by atoms with van der Waals surface area (Å²) in [4.78, 5) is 21.4. The number of anilines is 1. The number of likely N-dealkylation sites (N-methyl/N-ethyl adjacent to an activating group) is 2. The summed E-state index contributed by atoms with van der Waals surface area (Å²) in [6.45, 7) is 6.45. The number of nitrogens with zero attached hydrogens (tertiary/aromatic N) is 3. The predicted octanol–water partition coefficient (Wildman–Crippen LogP) is 3.25. The van der Waals surface area contributed by atoms with Crippen LogP contribution in [0.4, 0.5) is 5.69 Å². The lowest BCUT2D eigenvalue weighted by Gasteiger charge is -2.34. The smallest absolute Gasteiger partial charge is 0.224 e. The molecule has 5 heteroatoms. The van der Waals surface area contributed by atoms with Crippen molar-refractivity contribution in [3.63, 3.8) is 0 Å². The van der Waals surface area contributed by atoms with Crippen LogP contribution in [0.5, 0.6) is 0 Å². The maximum absolute atomic E-state index is 11.7. The van der Waals surface area contributed by atoms with Gasteiger partial charge in [0.2, 0.25) is 5.91 Å². The number of benzene rings is 2. The third-order valence-electron chi connectivity index (χ3n) is 5.76. The van der Waals surface area contributed by atoms with Gasteiger partial charge in [-0.2, -0.15) is 0 Å². The van der Waals surface area contributed by atoms with Crippen molar-refractivity contribution in [2.75, 3.05) is 45.2 Å². The van der Waals surface area contributed by atoms with Crippen molar-refractivity contribution >= 4 is 22.5 Å². The molecule has 0 bridgehead atoms. The summed E-state index contributed by atoms with van der Waals surface area (Å²) in [5, 5.41) is 3.81. The van der Waals surface area contributed by atoms with Crippen LogP contribution in [0.1, 0.15) is 11.1 Å². The number of carbonyl (C=O) groups excluding carboxylic acids is 1. The second kappa shape index (κ2) is 8.21. The van der Waals surface area contributed by atoms with Gasteiger partial charge in [-0.25, -0.2) is 4.98 Å². The molecule has 0 spiro atoms. The number of nitrogens with one attached hydrogen (secondary N) is 1. The Bertz CT molecular complexity index is 1020.